The van der Waals surface area contributed by atoms with Gasteiger partial charge in [0.1, 0.15) is 10.6 Å². The molecule has 1 atom stereocenters. The van der Waals surface area contributed by atoms with Crippen molar-refractivity contribution in [3.63, 3.8) is 0 Å². The molecule has 0 heterocycles. The van der Waals surface area contributed by atoms with E-state index in [1.165, 1.54) is 37.5 Å². The number of hydrogen-bond donors (Lipinski definition) is 4. The number of rotatable bonds is 5. The number of phenols is 1. The molecule has 1 unspecified atom stereocenters. The zero-order valence-corrected chi connectivity index (χ0v) is 12.6. The van der Waals surface area contributed by atoms with E-state index in [0.29, 0.717) is 18.2 Å². The van der Waals surface area contributed by atoms with Gasteiger partial charge in [-0.25, -0.2) is 13.6 Å². The Balaban J connectivity index is 2.03. The van der Waals surface area contributed by atoms with Gasteiger partial charge in [0.15, 0.2) is 0 Å². The largest absolute Gasteiger partial charge is 0.507 e. The second kappa shape index (κ2) is 6.74. The van der Waals surface area contributed by atoms with Crippen molar-refractivity contribution in [3.05, 3.63) is 23.8 Å². The van der Waals surface area contributed by atoms with Crippen molar-refractivity contribution < 1.29 is 18.6 Å². The van der Waals surface area contributed by atoms with Gasteiger partial charge in [-0.3, -0.25) is 0 Å². The average molecular weight is 314 g/mol. The number of benzene rings is 1. The van der Waals surface area contributed by atoms with E-state index in [9.17, 15) is 18.6 Å². The Hall–Kier alpha value is -1.15. The van der Waals surface area contributed by atoms with Crippen molar-refractivity contribution in [2.75, 3.05) is 6.54 Å². The fourth-order valence-corrected chi connectivity index (χ4v) is 3.33. The van der Waals surface area contributed by atoms with Gasteiger partial charge in [-0.2, -0.15) is 0 Å². The number of sulfonamides is 1. The monoisotopic (exact) mass is 314 g/mol. The molecular weight excluding hydrogens is 292 g/mol. The molecule has 0 amide bonds. The lowest BCUT2D eigenvalue weighted by molar-refractivity contribution is 0.165. The summed E-state index contributed by atoms with van der Waals surface area (Å²) >= 11 is 0. The van der Waals surface area contributed by atoms with Crippen LogP contribution in [0.2, 0.25) is 0 Å². The minimum atomic E-state index is -4.01. The molecule has 2 rings (SSSR count). The van der Waals surface area contributed by atoms with Crippen LogP contribution >= 0.6 is 0 Å². The third-order valence-electron chi connectivity index (χ3n) is 3.88. The third kappa shape index (κ3) is 4.41. The summed E-state index contributed by atoms with van der Waals surface area (Å²) in [7, 11) is -4.01. The summed E-state index contributed by atoms with van der Waals surface area (Å²) in [6.07, 6.45) is 5.02. The quantitative estimate of drug-likeness (QED) is 0.647. The zero-order valence-electron chi connectivity index (χ0n) is 11.8. The van der Waals surface area contributed by atoms with Gasteiger partial charge in [0.05, 0.1) is 6.10 Å². The maximum Gasteiger partial charge on any atom is 0.241 e. The number of hydrogen-bond acceptors (Lipinski definition) is 5. The second-order valence-electron chi connectivity index (χ2n) is 5.53. The number of nitrogens with two attached hydrogens (primary N) is 1. The van der Waals surface area contributed by atoms with Gasteiger partial charge in [-0.15, -0.1) is 0 Å². The molecule has 1 saturated carbocycles. The van der Waals surface area contributed by atoms with Gasteiger partial charge in [0.2, 0.25) is 10.0 Å². The first-order chi connectivity index (χ1) is 9.88. The average Bonchev–Trinajstić information content (AvgIpc) is 2.45. The molecule has 0 bridgehead atoms. The predicted octanol–water partition coefficient (Wildman–Crippen LogP) is 0.995. The Labute approximate surface area is 125 Å². The van der Waals surface area contributed by atoms with Crippen LogP contribution in [0.4, 0.5) is 0 Å². The molecule has 0 spiro atoms. The standard InChI is InChI=1S/C14H22N2O4S/c15-21(19,20)14-8-10(6-7-12(14)17)13(18)9-16-11-4-2-1-3-5-11/h6-8,11,13,16-18H,1-5,9H2,(H2,15,19,20). The summed E-state index contributed by atoms with van der Waals surface area (Å²) in [6, 6.07) is 4.36. The van der Waals surface area contributed by atoms with Gasteiger partial charge in [0.25, 0.3) is 0 Å². The van der Waals surface area contributed by atoms with Gasteiger partial charge >= 0.3 is 0 Å². The van der Waals surface area contributed by atoms with Crippen LogP contribution in [0, 0.1) is 0 Å². The van der Waals surface area contributed by atoms with Gasteiger partial charge in [-0.1, -0.05) is 25.3 Å². The maximum absolute atomic E-state index is 11.4. The van der Waals surface area contributed by atoms with Crippen molar-refractivity contribution in [2.24, 2.45) is 5.14 Å². The van der Waals surface area contributed by atoms with Gasteiger partial charge < -0.3 is 15.5 Å². The van der Waals surface area contributed by atoms with Crippen molar-refractivity contribution >= 4 is 10.0 Å². The van der Waals surface area contributed by atoms with E-state index >= 15 is 0 Å². The summed E-state index contributed by atoms with van der Waals surface area (Å²) in [5, 5.41) is 28.0. The molecule has 1 fully saturated rings. The molecule has 0 saturated heterocycles. The Kier molecular flexibility index (Phi) is 5.21. The summed E-state index contributed by atoms with van der Waals surface area (Å²) < 4.78 is 22.7. The first-order valence-corrected chi connectivity index (χ1v) is 8.69. The lowest BCUT2D eigenvalue weighted by Crippen LogP contribution is -2.34. The molecule has 0 aliphatic heterocycles. The molecule has 21 heavy (non-hydrogen) atoms. The molecule has 0 aromatic heterocycles. The van der Waals surface area contributed by atoms with Crippen LogP contribution in [-0.2, 0) is 10.0 Å². The lowest BCUT2D eigenvalue weighted by atomic mass is 9.95. The minimum absolute atomic E-state index is 0.347. The summed E-state index contributed by atoms with van der Waals surface area (Å²) in [6.45, 7) is 0.347. The predicted molar refractivity (Wildman–Crippen MR) is 79.3 cm³/mol. The third-order valence-corrected chi connectivity index (χ3v) is 4.82. The second-order valence-corrected chi connectivity index (χ2v) is 7.06. The number of aliphatic hydroxyl groups excluding tert-OH is 1. The highest BCUT2D eigenvalue weighted by Crippen LogP contribution is 2.26. The molecule has 1 aliphatic carbocycles. The van der Waals surface area contributed by atoms with E-state index in [1.807, 2.05) is 0 Å². The van der Waals surface area contributed by atoms with E-state index in [1.54, 1.807) is 0 Å². The van der Waals surface area contributed by atoms with Gasteiger partial charge in [-0.05, 0) is 30.5 Å². The highest BCUT2D eigenvalue weighted by molar-refractivity contribution is 7.89. The normalized spacial score (nSPS) is 18.6. The van der Waals surface area contributed by atoms with Gasteiger partial charge in [0, 0.05) is 12.6 Å². The zero-order chi connectivity index (χ0) is 15.5. The highest BCUT2D eigenvalue weighted by Gasteiger charge is 2.19. The summed E-state index contributed by atoms with van der Waals surface area (Å²) in [5.74, 6) is -0.409. The molecule has 1 aromatic carbocycles. The Morgan fingerprint density at radius 2 is 1.95 bits per heavy atom. The lowest BCUT2D eigenvalue weighted by Gasteiger charge is -2.24. The summed E-state index contributed by atoms with van der Waals surface area (Å²) in [5.41, 5.74) is 0.417. The highest BCUT2D eigenvalue weighted by atomic mass is 32.2. The molecule has 1 aliphatic rings. The minimum Gasteiger partial charge on any atom is -0.507 e. The Morgan fingerprint density at radius 1 is 1.29 bits per heavy atom. The fourth-order valence-electron chi connectivity index (χ4n) is 2.67. The molecule has 6 nitrogen and oxygen atoms in total. The first kappa shape index (κ1) is 16.2. The van der Waals surface area contributed by atoms with Crippen LogP contribution in [0.25, 0.3) is 0 Å². The molecule has 5 N–H and O–H groups in total. The Morgan fingerprint density at radius 3 is 2.57 bits per heavy atom. The van der Waals surface area contributed by atoms with E-state index in [2.05, 4.69) is 5.32 Å². The van der Waals surface area contributed by atoms with Crippen molar-refractivity contribution in [1.29, 1.82) is 0 Å². The van der Waals surface area contributed by atoms with E-state index in [0.717, 1.165) is 12.8 Å². The van der Waals surface area contributed by atoms with Crippen LogP contribution in [0.1, 0.15) is 43.8 Å². The van der Waals surface area contributed by atoms with Crippen molar-refractivity contribution in [1.82, 2.24) is 5.32 Å². The topological polar surface area (TPSA) is 113 Å². The number of phenolic OH excluding ortho intramolecular Hbond substituents is 1. The van der Waals surface area contributed by atoms with E-state index in [-0.39, 0.29) is 4.90 Å². The van der Waals surface area contributed by atoms with Crippen molar-refractivity contribution in [2.45, 2.75) is 49.1 Å². The number of nitrogens with one attached hydrogen (secondary N) is 1. The van der Waals surface area contributed by atoms with E-state index in [4.69, 9.17) is 5.14 Å². The number of aliphatic hydroxyl groups is 1. The van der Waals surface area contributed by atoms with E-state index < -0.39 is 21.9 Å². The first-order valence-electron chi connectivity index (χ1n) is 7.15. The maximum atomic E-state index is 11.4. The molecule has 0 radical (unpaired) electrons. The fraction of sp³-hybridized carbons (Fsp3) is 0.571. The molecule has 1 aromatic rings. The van der Waals surface area contributed by atoms with Crippen LogP contribution < -0.4 is 10.5 Å². The number of aromatic hydroxyl groups is 1. The van der Waals surface area contributed by atoms with Crippen molar-refractivity contribution in [3.8, 4) is 5.75 Å². The van der Waals surface area contributed by atoms with Crippen LogP contribution in [0.5, 0.6) is 5.75 Å². The van der Waals surface area contributed by atoms with Crippen LogP contribution in [0.3, 0.4) is 0 Å². The smallest absolute Gasteiger partial charge is 0.241 e. The Bertz CT molecular complexity index is 583. The molecule has 118 valence electrons. The molecule has 7 heteroatoms. The van der Waals surface area contributed by atoms with Crippen LogP contribution in [0.15, 0.2) is 23.1 Å². The SMILES string of the molecule is NS(=O)(=O)c1cc(C(O)CNC2CCCCC2)ccc1O. The van der Waals surface area contributed by atoms with Crippen LogP contribution in [-0.4, -0.2) is 31.2 Å². The summed E-state index contributed by atoms with van der Waals surface area (Å²) in [4.78, 5) is -0.364. The molecular formula is C14H22N2O4S. The number of primary sulfonamides is 1.